The molecule has 0 aliphatic carbocycles. The summed E-state index contributed by atoms with van der Waals surface area (Å²) in [5, 5.41) is 3.40. The smallest absolute Gasteiger partial charge is 0.242 e. The lowest BCUT2D eigenvalue weighted by Crippen LogP contribution is -2.39. The zero-order valence-corrected chi connectivity index (χ0v) is 15.9. The molecule has 0 radical (unpaired) electrons. The predicted molar refractivity (Wildman–Crippen MR) is 103 cm³/mol. The summed E-state index contributed by atoms with van der Waals surface area (Å²) in [6, 6.07) is 12.1. The van der Waals surface area contributed by atoms with E-state index in [1.165, 1.54) is 16.9 Å². The molecule has 0 saturated heterocycles. The number of carbonyl (C=O) groups excluding carboxylic acids is 1. The van der Waals surface area contributed by atoms with Gasteiger partial charge in [0.25, 0.3) is 0 Å². The molecule has 7 heteroatoms. The van der Waals surface area contributed by atoms with Gasteiger partial charge in [-0.15, -0.1) is 23.7 Å². The number of likely N-dealkylation sites (N-methyl/N-ethyl adjacent to an activating group) is 1. The van der Waals surface area contributed by atoms with E-state index in [1.807, 2.05) is 31.3 Å². The van der Waals surface area contributed by atoms with E-state index in [-0.39, 0.29) is 18.3 Å². The van der Waals surface area contributed by atoms with Crippen molar-refractivity contribution < 1.29 is 4.79 Å². The second-order valence-electron chi connectivity index (χ2n) is 5.68. The maximum absolute atomic E-state index is 12.6. The third kappa shape index (κ3) is 4.63. The van der Waals surface area contributed by atoms with Gasteiger partial charge in [-0.3, -0.25) is 4.79 Å². The van der Waals surface area contributed by atoms with E-state index in [0.29, 0.717) is 13.1 Å². The predicted octanol–water partition coefficient (Wildman–Crippen LogP) is 3.39. The average Bonchev–Trinajstić information content (AvgIpc) is 2.84. The van der Waals surface area contributed by atoms with Gasteiger partial charge < -0.3 is 15.1 Å². The van der Waals surface area contributed by atoms with E-state index in [2.05, 4.69) is 22.3 Å². The zero-order chi connectivity index (χ0) is 16.2. The van der Waals surface area contributed by atoms with E-state index >= 15 is 0 Å². The number of anilines is 1. The normalized spacial score (nSPS) is 13.7. The van der Waals surface area contributed by atoms with Crippen LogP contribution in [0.1, 0.15) is 10.4 Å². The van der Waals surface area contributed by atoms with Crippen molar-refractivity contribution in [1.82, 2.24) is 10.2 Å². The third-order valence-corrected chi connectivity index (χ3v) is 5.20. The molecule has 2 heterocycles. The number of hydrogen-bond donors (Lipinski definition) is 1. The Kier molecular flexibility index (Phi) is 6.92. The van der Waals surface area contributed by atoms with Gasteiger partial charge in [-0.1, -0.05) is 29.8 Å². The molecule has 1 N–H and O–H groups in total. The molecular formula is C17H21Cl2N3OS. The second-order valence-corrected chi connectivity index (χ2v) is 7.48. The van der Waals surface area contributed by atoms with Crippen molar-refractivity contribution in [2.45, 2.75) is 13.1 Å². The first kappa shape index (κ1) is 19.1. The largest absolute Gasteiger partial charge is 0.361 e. The zero-order valence-electron chi connectivity index (χ0n) is 13.5. The molecule has 3 rings (SSSR count). The Morgan fingerprint density at radius 3 is 2.88 bits per heavy atom. The minimum absolute atomic E-state index is 0. The summed E-state index contributed by atoms with van der Waals surface area (Å²) in [4.78, 5) is 17.6. The number of fused-ring (bicyclic) bond motifs is 1. The van der Waals surface area contributed by atoms with Gasteiger partial charge in [-0.25, -0.2) is 0 Å². The molecule has 1 aliphatic heterocycles. The van der Waals surface area contributed by atoms with Gasteiger partial charge >= 0.3 is 0 Å². The van der Waals surface area contributed by atoms with E-state index < -0.39 is 0 Å². The molecule has 4 nitrogen and oxygen atoms in total. The number of hydrogen-bond acceptors (Lipinski definition) is 4. The molecule has 130 valence electrons. The van der Waals surface area contributed by atoms with Crippen LogP contribution in [0, 0.1) is 0 Å². The summed E-state index contributed by atoms with van der Waals surface area (Å²) in [5.74, 6) is 0.117. The van der Waals surface area contributed by atoms with E-state index in [0.717, 1.165) is 34.5 Å². The molecule has 1 aromatic heterocycles. The number of nitrogens with zero attached hydrogens (tertiary/aromatic N) is 2. The Labute approximate surface area is 157 Å². The van der Waals surface area contributed by atoms with Crippen LogP contribution in [0.25, 0.3) is 0 Å². The third-order valence-electron chi connectivity index (χ3n) is 3.98. The van der Waals surface area contributed by atoms with E-state index in [4.69, 9.17) is 11.6 Å². The van der Waals surface area contributed by atoms with Gasteiger partial charge in [0.05, 0.1) is 17.4 Å². The number of rotatable bonds is 4. The maximum atomic E-state index is 12.6. The highest BCUT2D eigenvalue weighted by Gasteiger charge is 2.19. The number of nitrogens with one attached hydrogen (secondary N) is 1. The monoisotopic (exact) mass is 385 g/mol. The molecule has 0 saturated carbocycles. The number of para-hydroxylation sites is 1. The Hall–Kier alpha value is -1.27. The van der Waals surface area contributed by atoms with Crippen LogP contribution < -0.4 is 10.2 Å². The highest BCUT2D eigenvalue weighted by atomic mass is 35.5. The van der Waals surface area contributed by atoms with Crippen LogP contribution in [0.5, 0.6) is 0 Å². The molecule has 1 aliphatic rings. The Balaban J connectivity index is 0.00000208. The molecular weight excluding hydrogens is 365 g/mol. The summed E-state index contributed by atoms with van der Waals surface area (Å²) >= 11 is 7.47. The molecule has 2 aromatic rings. The summed E-state index contributed by atoms with van der Waals surface area (Å²) < 4.78 is 0.758. The van der Waals surface area contributed by atoms with Crippen LogP contribution in [0.3, 0.4) is 0 Å². The first-order valence-corrected chi connectivity index (χ1v) is 8.84. The fourth-order valence-electron chi connectivity index (χ4n) is 2.73. The second kappa shape index (κ2) is 8.72. The Bertz CT molecular complexity index is 692. The van der Waals surface area contributed by atoms with Crippen LogP contribution in [-0.4, -0.2) is 37.5 Å². The number of halogens is 2. The highest BCUT2D eigenvalue weighted by molar-refractivity contribution is 7.16. The fraction of sp³-hybridized carbons (Fsp3) is 0.353. The molecule has 0 bridgehead atoms. The lowest BCUT2D eigenvalue weighted by Gasteiger charge is -2.26. The lowest BCUT2D eigenvalue weighted by molar-refractivity contribution is -0.128. The summed E-state index contributed by atoms with van der Waals surface area (Å²) in [6.07, 6.45) is 0. The highest BCUT2D eigenvalue weighted by Crippen LogP contribution is 2.24. The number of carbonyl (C=O) groups is 1. The van der Waals surface area contributed by atoms with Gasteiger partial charge in [0, 0.05) is 37.2 Å². The minimum atomic E-state index is 0. The van der Waals surface area contributed by atoms with Crippen LogP contribution in [0.4, 0.5) is 5.69 Å². The van der Waals surface area contributed by atoms with Crippen molar-refractivity contribution in [3.05, 3.63) is 51.2 Å². The molecule has 0 fully saturated rings. The van der Waals surface area contributed by atoms with Crippen LogP contribution in [0.15, 0.2) is 36.4 Å². The molecule has 0 atom stereocenters. The lowest BCUT2D eigenvalue weighted by atomic mass is 10.1. The van der Waals surface area contributed by atoms with E-state index in [9.17, 15) is 4.79 Å². The fourth-order valence-corrected chi connectivity index (χ4v) is 3.87. The molecule has 1 aromatic carbocycles. The van der Waals surface area contributed by atoms with Crippen molar-refractivity contribution in [1.29, 1.82) is 0 Å². The van der Waals surface area contributed by atoms with Gasteiger partial charge in [-0.05, 0) is 23.8 Å². The SMILES string of the molecule is CN(Cc1ccc(Cl)s1)C(=O)CN1CCNCc2ccccc21.Cl. The topological polar surface area (TPSA) is 35.6 Å². The Morgan fingerprint density at radius 2 is 2.12 bits per heavy atom. The number of benzene rings is 1. The van der Waals surface area contributed by atoms with Crippen molar-refractivity contribution in [3.63, 3.8) is 0 Å². The molecule has 0 spiro atoms. The van der Waals surface area contributed by atoms with Crippen molar-refractivity contribution in [2.75, 3.05) is 31.6 Å². The Morgan fingerprint density at radius 1 is 1.33 bits per heavy atom. The van der Waals surface area contributed by atoms with Crippen LogP contribution in [-0.2, 0) is 17.9 Å². The van der Waals surface area contributed by atoms with Gasteiger partial charge in [0.1, 0.15) is 0 Å². The molecule has 24 heavy (non-hydrogen) atoms. The maximum Gasteiger partial charge on any atom is 0.242 e. The molecule has 0 unspecified atom stereocenters. The quantitative estimate of drug-likeness (QED) is 0.875. The number of thiophene rings is 1. The number of amides is 1. The first-order chi connectivity index (χ1) is 11.1. The van der Waals surface area contributed by atoms with E-state index in [1.54, 1.807) is 4.90 Å². The first-order valence-electron chi connectivity index (χ1n) is 7.65. The summed E-state index contributed by atoms with van der Waals surface area (Å²) in [6.45, 7) is 3.57. The van der Waals surface area contributed by atoms with Crippen molar-refractivity contribution in [2.24, 2.45) is 0 Å². The van der Waals surface area contributed by atoms with Gasteiger partial charge in [0.2, 0.25) is 5.91 Å². The van der Waals surface area contributed by atoms with Crippen molar-refractivity contribution in [3.8, 4) is 0 Å². The molecule has 1 amide bonds. The standard InChI is InChI=1S/C17H20ClN3OS.ClH/c1-20(11-14-6-7-16(18)23-14)17(22)12-21-9-8-19-10-13-4-2-3-5-15(13)21;/h2-7,19H,8-12H2,1H3;1H. The van der Waals surface area contributed by atoms with Crippen LogP contribution >= 0.6 is 35.3 Å². The van der Waals surface area contributed by atoms with Crippen LogP contribution in [0.2, 0.25) is 4.34 Å². The van der Waals surface area contributed by atoms with Gasteiger partial charge in [0.15, 0.2) is 0 Å². The minimum Gasteiger partial charge on any atom is -0.361 e. The van der Waals surface area contributed by atoms with Gasteiger partial charge in [-0.2, -0.15) is 0 Å². The average molecular weight is 386 g/mol. The van der Waals surface area contributed by atoms with Crippen molar-refractivity contribution >= 4 is 46.9 Å². The summed E-state index contributed by atoms with van der Waals surface area (Å²) in [7, 11) is 1.85. The summed E-state index contributed by atoms with van der Waals surface area (Å²) in [5.41, 5.74) is 2.39.